The Balaban J connectivity index is 1.32. The fourth-order valence-electron chi connectivity index (χ4n) is 5.26. The zero-order valence-electron chi connectivity index (χ0n) is 23.9. The molecular weight excluding hydrogens is 560 g/mol. The number of furan rings is 1. The molecule has 6 aromatic rings. The summed E-state index contributed by atoms with van der Waals surface area (Å²) in [6, 6.07) is 27.8. The van der Waals surface area contributed by atoms with Crippen LogP contribution in [0.4, 0.5) is 11.4 Å². The SMILES string of the molecule is Cc1c(N=c2scc(-c3cc4ccccc4o3)n2/N=C/c2ccc(N3CCOCC3)cc2)c(=O)n(-c2ccccc2)n1C. The average Bonchev–Trinajstić information content (AvgIpc) is 3.72. The Morgan fingerprint density at radius 3 is 2.42 bits per heavy atom. The van der Waals surface area contributed by atoms with Gasteiger partial charge in [0, 0.05) is 36.6 Å². The number of rotatable bonds is 6. The molecule has 216 valence electrons. The van der Waals surface area contributed by atoms with Gasteiger partial charge in [-0.15, -0.1) is 11.3 Å². The molecular formula is C33H30N6O3S. The van der Waals surface area contributed by atoms with Crippen LogP contribution in [-0.2, 0) is 11.8 Å². The summed E-state index contributed by atoms with van der Waals surface area (Å²) in [5.41, 5.74) is 5.35. The summed E-state index contributed by atoms with van der Waals surface area (Å²) < 4.78 is 16.9. The molecule has 3 aromatic heterocycles. The number of aromatic nitrogens is 3. The van der Waals surface area contributed by atoms with Gasteiger partial charge in [0.2, 0.25) is 4.80 Å². The van der Waals surface area contributed by atoms with Crippen LogP contribution in [0.2, 0.25) is 0 Å². The Bertz CT molecular complexity index is 2020. The molecule has 1 saturated heterocycles. The maximum atomic E-state index is 13.6. The van der Waals surface area contributed by atoms with Crippen molar-refractivity contribution in [2.45, 2.75) is 6.92 Å². The van der Waals surface area contributed by atoms with Crippen LogP contribution in [0.1, 0.15) is 11.3 Å². The number of para-hydroxylation sites is 2. The predicted molar refractivity (Wildman–Crippen MR) is 171 cm³/mol. The second-order valence-electron chi connectivity index (χ2n) is 10.3. The second-order valence-corrected chi connectivity index (χ2v) is 11.2. The van der Waals surface area contributed by atoms with Gasteiger partial charge in [-0.3, -0.25) is 9.48 Å². The molecule has 0 atom stereocenters. The van der Waals surface area contributed by atoms with E-state index >= 15 is 0 Å². The first-order valence-corrected chi connectivity index (χ1v) is 15.0. The fraction of sp³-hybridized carbons (Fsp3) is 0.182. The van der Waals surface area contributed by atoms with E-state index in [0.29, 0.717) is 16.2 Å². The minimum Gasteiger partial charge on any atom is -0.454 e. The third-order valence-electron chi connectivity index (χ3n) is 7.69. The maximum Gasteiger partial charge on any atom is 0.297 e. The molecule has 1 aliphatic rings. The number of ether oxygens (including phenoxy) is 1. The van der Waals surface area contributed by atoms with E-state index in [0.717, 1.165) is 65.6 Å². The number of thiazole rings is 1. The molecule has 0 N–H and O–H groups in total. The van der Waals surface area contributed by atoms with Gasteiger partial charge in [0.25, 0.3) is 5.56 Å². The molecule has 0 unspecified atom stereocenters. The van der Waals surface area contributed by atoms with Crippen molar-refractivity contribution in [3.63, 3.8) is 0 Å². The zero-order valence-corrected chi connectivity index (χ0v) is 24.7. The van der Waals surface area contributed by atoms with Crippen molar-refractivity contribution in [2.24, 2.45) is 17.1 Å². The molecule has 9 nitrogen and oxygen atoms in total. The van der Waals surface area contributed by atoms with Gasteiger partial charge in [-0.05, 0) is 48.9 Å². The number of anilines is 1. The maximum absolute atomic E-state index is 13.6. The molecule has 3 aromatic carbocycles. The highest BCUT2D eigenvalue weighted by Crippen LogP contribution is 2.28. The van der Waals surface area contributed by atoms with Crippen LogP contribution < -0.4 is 15.3 Å². The summed E-state index contributed by atoms with van der Waals surface area (Å²) in [6.45, 7) is 5.15. The van der Waals surface area contributed by atoms with Crippen molar-refractivity contribution < 1.29 is 9.15 Å². The minimum absolute atomic E-state index is 0.195. The molecule has 10 heteroatoms. The van der Waals surface area contributed by atoms with Gasteiger partial charge in [0.1, 0.15) is 11.3 Å². The fourth-order valence-corrected chi connectivity index (χ4v) is 6.09. The van der Waals surface area contributed by atoms with Gasteiger partial charge in [0.05, 0.1) is 30.8 Å². The number of benzene rings is 3. The van der Waals surface area contributed by atoms with E-state index in [1.54, 1.807) is 15.6 Å². The molecule has 7 rings (SSSR count). The lowest BCUT2D eigenvalue weighted by Gasteiger charge is -2.28. The van der Waals surface area contributed by atoms with Crippen LogP contribution in [0.3, 0.4) is 0 Å². The van der Waals surface area contributed by atoms with Crippen molar-refractivity contribution in [1.82, 2.24) is 14.0 Å². The lowest BCUT2D eigenvalue weighted by atomic mass is 10.2. The minimum atomic E-state index is -0.195. The molecule has 0 aliphatic carbocycles. The lowest BCUT2D eigenvalue weighted by Crippen LogP contribution is -2.36. The highest BCUT2D eigenvalue weighted by Gasteiger charge is 2.18. The van der Waals surface area contributed by atoms with Crippen molar-refractivity contribution in [3.05, 3.63) is 117 Å². The summed E-state index contributed by atoms with van der Waals surface area (Å²) in [5.74, 6) is 0.671. The molecule has 0 saturated carbocycles. The van der Waals surface area contributed by atoms with Gasteiger partial charge < -0.3 is 14.1 Å². The number of fused-ring (bicyclic) bond motifs is 1. The Kier molecular flexibility index (Phi) is 7.14. The highest BCUT2D eigenvalue weighted by atomic mass is 32.1. The van der Waals surface area contributed by atoms with E-state index in [1.165, 1.54) is 11.3 Å². The van der Waals surface area contributed by atoms with Crippen LogP contribution in [-0.4, -0.2) is 46.6 Å². The number of nitrogens with zero attached hydrogens (tertiary/aromatic N) is 6. The van der Waals surface area contributed by atoms with Gasteiger partial charge in [-0.25, -0.2) is 14.4 Å². The molecule has 0 bridgehead atoms. The first-order valence-electron chi connectivity index (χ1n) is 14.1. The number of hydrogen-bond donors (Lipinski definition) is 0. The van der Waals surface area contributed by atoms with E-state index in [2.05, 4.69) is 29.2 Å². The first-order chi connectivity index (χ1) is 21.1. The monoisotopic (exact) mass is 590 g/mol. The Morgan fingerprint density at radius 1 is 0.907 bits per heavy atom. The van der Waals surface area contributed by atoms with Crippen molar-refractivity contribution in [1.29, 1.82) is 0 Å². The summed E-state index contributed by atoms with van der Waals surface area (Å²) >= 11 is 1.41. The van der Waals surface area contributed by atoms with Crippen LogP contribution in [0.15, 0.2) is 110 Å². The van der Waals surface area contributed by atoms with Gasteiger partial charge in [-0.2, -0.15) is 5.10 Å². The standard InChI is InChI=1S/C33H30N6O3S/c1-23-31(32(40)39(36(23)2)27-9-4-3-5-10-27)35-33-38(28(22-43-33)30-20-25-8-6-7-11-29(25)42-30)34-21-24-12-14-26(15-13-24)37-16-18-41-19-17-37/h3-15,20-22H,16-19H2,1-2H3/b34-21+,35-33?. The smallest absolute Gasteiger partial charge is 0.297 e. The normalized spacial score (nSPS) is 14.4. The highest BCUT2D eigenvalue weighted by molar-refractivity contribution is 7.07. The molecule has 1 aliphatic heterocycles. The van der Waals surface area contributed by atoms with Crippen molar-refractivity contribution >= 4 is 39.9 Å². The summed E-state index contributed by atoms with van der Waals surface area (Å²) in [4.78, 5) is 21.4. The van der Waals surface area contributed by atoms with E-state index in [-0.39, 0.29) is 5.56 Å². The molecule has 0 radical (unpaired) electrons. The van der Waals surface area contributed by atoms with E-state index in [4.69, 9.17) is 19.2 Å². The van der Waals surface area contributed by atoms with Gasteiger partial charge in [-0.1, -0.05) is 48.5 Å². The summed E-state index contributed by atoms with van der Waals surface area (Å²) in [7, 11) is 1.86. The second kappa shape index (κ2) is 11.4. The lowest BCUT2D eigenvalue weighted by molar-refractivity contribution is 0.122. The molecule has 4 heterocycles. The summed E-state index contributed by atoms with van der Waals surface area (Å²) in [5, 5.41) is 7.83. The van der Waals surface area contributed by atoms with Crippen LogP contribution >= 0.6 is 11.3 Å². The van der Waals surface area contributed by atoms with E-state index in [9.17, 15) is 4.79 Å². The average molecular weight is 591 g/mol. The molecule has 1 fully saturated rings. The van der Waals surface area contributed by atoms with Crippen LogP contribution in [0.25, 0.3) is 28.1 Å². The molecule has 43 heavy (non-hydrogen) atoms. The Labute approximate surface area is 251 Å². The van der Waals surface area contributed by atoms with Crippen molar-refractivity contribution in [2.75, 3.05) is 31.2 Å². The third-order valence-corrected chi connectivity index (χ3v) is 8.50. The van der Waals surface area contributed by atoms with Crippen molar-refractivity contribution in [3.8, 4) is 17.1 Å². The first kappa shape index (κ1) is 26.9. The largest absolute Gasteiger partial charge is 0.454 e. The van der Waals surface area contributed by atoms with E-state index in [1.807, 2.05) is 84.7 Å². The topological polar surface area (TPSA) is 82.2 Å². The van der Waals surface area contributed by atoms with Gasteiger partial charge in [0.15, 0.2) is 11.4 Å². The third kappa shape index (κ3) is 5.15. The van der Waals surface area contributed by atoms with Crippen LogP contribution in [0, 0.1) is 6.92 Å². The number of hydrogen-bond acceptors (Lipinski definition) is 7. The Hall–Kier alpha value is -4.93. The molecule has 0 amide bonds. The molecule has 0 spiro atoms. The van der Waals surface area contributed by atoms with E-state index < -0.39 is 0 Å². The zero-order chi connectivity index (χ0) is 29.3. The number of morpholine rings is 1. The van der Waals surface area contributed by atoms with Gasteiger partial charge >= 0.3 is 0 Å². The Morgan fingerprint density at radius 2 is 1.65 bits per heavy atom. The van der Waals surface area contributed by atoms with Crippen LogP contribution in [0.5, 0.6) is 0 Å². The summed E-state index contributed by atoms with van der Waals surface area (Å²) in [6.07, 6.45) is 1.81. The quantitative estimate of drug-likeness (QED) is 0.233. The predicted octanol–water partition coefficient (Wildman–Crippen LogP) is 5.71.